The molecule has 3 heterocycles. The monoisotopic (exact) mass is 262 g/mol. The molecular weight excluding hydrogens is 252 g/mol. The Morgan fingerprint density at radius 1 is 1.00 bits per heavy atom. The molecule has 0 aliphatic carbocycles. The normalized spacial score (nSPS) is 11.2. The third-order valence-electron chi connectivity index (χ3n) is 3.30. The number of para-hydroxylation sites is 1. The van der Waals surface area contributed by atoms with Gasteiger partial charge in [-0.05, 0) is 24.3 Å². The molecule has 4 aromatic rings. The number of nitrogens with one attached hydrogen (secondary N) is 1. The highest BCUT2D eigenvalue weighted by molar-refractivity contribution is 5.99. The number of pyridine rings is 2. The molecule has 0 radical (unpaired) electrons. The zero-order valence-electron chi connectivity index (χ0n) is 10.4. The van der Waals surface area contributed by atoms with Gasteiger partial charge >= 0.3 is 0 Å². The van der Waals surface area contributed by atoms with Crippen molar-refractivity contribution in [2.75, 3.05) is 0 Å². The summed E-state index contributed by atoms with van der Waals surface area (Å²) >= 11 is 0. The standard InChI is InChI=1S/C15H10N4O/c20-15-11-9-17-12-7-4-8-16-14(12)13(11)18-19(15)10-5-2-1-3-6-10/h1-9,18H. The second-order valence-corrected chi connectivity index (χ2v) is 4.51. The summed E-state index contributed by atoms with van der Waals surface area (Å²) in [6.45, 7) is 0. The maximum absolute atomic E-state index is 12.4. The van der Waals surface area contributed by atoms with Gasteiger partial charge in [-0.25, -0.2) is 4.68 Å². The van der Waals surface area contributed by atoms with Crippen LogP contribution in [0.1, 0.15) is 0 Å². The molecule has 0 bridgehead atoms. The van der Waals surface area contributed by atoms with Gasteiger partial charge in [0.2, 0.25) is 0 Å². The van der Waals surface area contributed by atoms with Gasteiger partial charge in [-0.15, -0.1) is 0 Å². The summed E-state index contributed by atoms with van der Waals surface area (Å²) in [5.74, 6) is 0. The van der Waals surface area contributed by atoms with Gasteiger partial charge in [0.25, 0.3) is 5.56 Å². The molecule has 5 heteroatoms. The van der Waals surface area contributed by atoms with E-state index in [-0.39, 0.29) is 5.56 Å². The Balaban J connectivity index is 2.13. The number of aromatic nitrogens is 4. The Morgan fingerprint density at radius 3 is 2.70 bits per heavy atom. The summed E-state index contributed by atoms with van der Waals surface area (Å²) < 4.78 is 1.51. The van der Waals surface area contributed by atoms with E-state index >= 15 is 0 Å². The van der Waals surface area contributed by atoms with E-state index < -0.39 is 0 Å². The Kier molecular flexibility index (Phi) is 2.20. The maximum Gasteiger partial charge on any atom is 0.280 e. The first kappa shape index (κ1) is 10.9. The quantitative estimate of drug-likeness (QED) is 0.572. The van der Waals surface area contributed by atoms with Gasteiger partial charge in [-0.3, -0.25) is 19.9 Å². The van der Waals surface area contributed by atoms with Crippen molar-refractivity contribution in [3.05, 3.63) is 65.2 Å². The van der Waals surface area contributed by atoms with Crippen molar-refractivity contribution in [3.8, 4) is 5.69 Å². The largest absolute Gasteiger partial charge is 0.288 e. The van der Waals surface area contributed by atoms with Crippen molar-refractivity contribution >= 4 is 21.9 Å². The number of H-pyrrole nitrogens is 1. The third kappa shape index (κ3) is 1.46. The molecule has 0 aliphatic rings. The van der Waals surface area contributed by atoms with Crippen molar-refractivity contribution in [1.82, 2.24) is 19.7 Å². The van der Waals surface area contributed by atoms with Crippen molar-refractivity contribution in [2.24, 2.45) is 0 Å². The summed E-state index contributed by atoms with van der Waals surface area (Å²) in [6.07, 6.45) is 3.29. The number of rotatable bonds is 1. The lowest BCUT2D eigenvalue weighted by atomic mass is 10.2. The van der Waals surface area contributed by atoms with Gasteiger partial charge in [0.1, 0.15) is 5.52 Å². The lowest BCUT2D eigenvalue weighted by Gasteiger charge is -1.99. The molecule has 0 spiro atoms. The smallest absolute Gasteiger partial charge is 0.280 e. The predicted molar refractivity (Wildman–Crippen MR) is 77.0 cm³/mol. The van der Waals surface area contributed by atoms with E-state index in [1.165, 1.54) is 4.68 Å². The molecule has 0 unspecified atom stereocenters. The number of nitrogens with zero attached hydrogens (tertiary/aromatic N) is 3. The van der Waals surface area contributed by atoms with Crippen LogP contribution in [0.4, 0.5) is 0 Å². The Morgan fingerprint density at radius 2 is 1.85 bits per heavy atom. The van der Waals surface area contributed by atoms with Gasteiger partial charge < -0.3 is 0 Å². The Labute approximate surface area is 113 Å². The lowest BCUT2D eigenvalue weighted by Crippen LogP contribution is -2.13. The second-order valence-electron chi connectivity index (χ2n) is 4.51. The molecule has 0 amide bonds. The summed E-state index contributed by atoms with van der Waals surface area (Å²) in [5.41, 5.74) is 2.85. The SMILES string of the molecule is O=c1c2cnc3cccnc3c2[nH]n1-c1ccccc1. The topological polar surface area (TPSA) is 63.6 Å². The van der Waals surface area contributed by atoms with Crippen LogP contribution >= 0.6 is 0 Å². The van der Waals surface area contributed by atoms with E-state index in [9.17, 15) is 4.79 Å². The summed E-state index contributed by atoms with van der Waals surface area (Å²) in [4.78, 5) is 21.0. The van der Waals surface area contributed by atoms with Crippen LogP contribution in [0.3, 0.4) is 0 Å². The maximum atomic E-state index is 12.4. The van der Waals surface area contributed by atoms with E-state index in [0.29, 0.717) is 16.4 Å². The van der Waals surface area contributed by atoms with Crippen molar-refractivity contribution in [2.45, 2.75) is 0 Å². The second kappa shape index (κ2) is 4.03. The summed E-state index contributed by atoms with van der Waals surface area (Å²) in [7, 11) is 0. The minimum absolute atomic E-state index is 0.119. The molecule has 1 aromatic carbocycles. The summed E-state index contributed by atoms with van der Waals surface area (Å²) in [5, 5.41) is 3.67. The molecule has 4 rings (SSSR count). The van der Waals surface area contributed by atoms with Crippen LogP contribution in [0.2, 0.25) is 0 Å². The highest BCUT2D eigenvalue weighted by atomic mass is 16.1. The zero-order valence-corrected chi connectivity index (χ0v) is 10.4. The molecule has 0 fully saturated rings. The number of hydrogen-bond donors (Lipinski definition) is 1. The highest BCUT2D eigenvalue weighted by Crippen LogP contribution is 2.18. The van der Waals surface area contributed by atoms with E-state index in [0.717, 1.165) is 11.2 Å². The van der Waals surface area contributed by atoms with Crippen LogP contribution in [0, 0.1) is 0 Å². The van der Waals surface area contributed by atoms with Gasteiger partial charge in [0.05, 0.1) is 22.1 Å². The zero-order chi connectivity index (χ0) is 13.5. The molecule has 96 valence electrons. The summed E-state index contributed by atoms with van der Waals surface area (Å²) in [6, 6.07) is 13.1. The Hall–Kier alpha value is -2.95. The molecule has 0 aliphatic heterocycles. The van der Waals surface area contributed by atoms with E-state index in [2.05, 4.69) is 15.1 Å². The number of benzene rings is 1. The first-order valence-electron chi connectivity index (χ1n) is 6.24. The highest BCUT2D eigenvalue weighted by Gasteiger charge is 2.11. The first-order chi connectivity index (χ1) is 9.84. The van der Waals surface area contributed by atoms with E-state index in [1.807, 2.05) is 42.5 Å². The van der Waals surface area contributed by atoms with Crippen LogP contribution in [-0.2, 0) is 0 Å². The number of fused-ring (bicyclic) bond motifs is 3. The molecular formula is C15H10N4O. The molecule has 0 atom stereocenters. The van der Waals surface area contributed by atoms with Gasteiger partial charge in [-0.2, -0.15) is 0 Å². The fourth-order valence-electron chi connectivity index (χ4n) is 2.34. The first-order valence-corrected chi connectivity index (χ1v) is 6.24. The van der Waals surface area contributed by atoms with Crippen molar-refractivity contribution < 1.29 is 0 Å². The fraction of sp³-hybridized carbons (Fsp3) is 0. The third-order valence-corrected chi connectivity index (χ3v) is 3.30. The average Bonchev–Trinajstić information content (AvgIpc) is 2.86. The van der Waals surface area contributed by atoms with Crippen LogP contribution in [-0.4, -0.2) is 19.7 Å². The molecule has 5 nitrogen and oxygen atoms in total. The lowest BCUT2D eigenvalue weighted by molar-refractivity contribution is 0.864. The molecule has 0 saturated carbocycles. The molecule has 0 saturated heterocycles. The number of aromatic amines is 1. The van der Waals surface area contributed by atoms with Gasteiger partial charge in [0, 0.05) is 12.4 Å². The minimum atomic E-state index is -0.119. The van der Waals surface area contributed by atoms with Gasteiger partial charge in [0.15, 0.2) is 0 Å². The van der Waals surface area contributed by atoms with Crippen LogP contribution in [0.5, 0.6) is 0 Å². The van der Waals surface area contributed by atoms with Crippen molar-refractivity contribution in [3.63, 3.8) is 0 Å². The van der Waals surface area contributed by atoms with Crippen molar-refractivity contribution in [1.29, 1.82) is 0 Å². The molecule has 3 aromatic heterocycles. The van der Waals surface area contributed by atoms with Gasteiger partial charge in [-0.1, -0.05) is 18.2 Å². The van der Waals surface area contributed by atoms with E-state index in [1.54, 1.807) is 12.4 Å². The Bertz CT molecular complexity index is 969. The molecule has 1 N–H and O–H groups in total. The average molecular weight is 262 g/mol. The minimum Gasteiger partial charge on any atom is -0.288 e. The number of hydrogen-bond acceptors (Lipinski definition) is 3. The van der Waals surface area contributed by atoms with Crippen LogP contribution in [0.25, 0.3) is 27.6 Å². The molecule has 20 heavy (non-hydrogen) atoms. The van der Waals surface area contributed by atoms with Crippen LogP contribution in [0.15, 0.2) is 59.7 Å². The van der Waals surface area contributed by atoms with Crippen LogP contribution < -0.4 is 5.56 Å². The predicted octanol–water partition coefficient (Wildman–Crippen LogP) is 2.26. The van der Waals surface area contributed by atoms with E-state index in [4.69, 9.17) is 0 Å². The fourth-order valence-corrected chi connectivity index (χ4v) is 2.34.